The first-order chi connectivity index (χ1) is 12.4. The summed E-state index contributed by atoms with van der Waals surface area (Å²) in [4.78, 5) is 34.9. The summed E-state index contributed by atoms with van der Waals surface area (Å²) in [5, 5.41) is 5.13. The highest BCUT2D eigenvalue weighted by Crippen LogP contribution is 2.15. The van der Waals surface area contributed by atoms with E-state index in [9.17, 15) is 14.4 Å². The lowest BCUT2D eigenvalue weighted by Crippen LogP contribution is -2.48. The minimum Gasteiger partial charge on any atom is -0.494 e. The third-order valence-corrected chi connectivity index (χ3v) is 3.28. The van der Waals surface area contributed by atoms with E-state index in [2.05, 4.69) is 21.5 Å². The van der Waals surface area contributed by atoms with Crippen molar-refractivity contribution in [2.75, 3.05) is 11.9 Å². The molecular weight excluding hydrogens is 356 g/mol. The molecule has 1 aromatic rings. The van der Waals surface area contributed by atoms with Crippen molar-refractivity contribution in [3.8, 4) is 5.75 Å². The maximum absolute atomic E-state index is 11.9. The number of benzene rings is 1. The van der Waals surface area contributed by atoms with Crippen LogP contribution in [-0.2, 0) is 14.4 Å². The number of ether oxygens (including phenoxy) is 1. The second-order valence-electron chi connectivity index (χ2n) is 5.31. The predicted octanol–water partition coefficient (Wildman–Crippen LogP) is 1.63. The van der Waals surface area contributed by atoms with Gasteiger partial charge in [-0.1, -0.05) is 6.92 Å². The quantitative estimate of drug-likeness (QED) is 0.403. The molecule has 8 nitrogen and oxygen atoms in total. The number of hydrogen-bond donors (Lipinski definition) is 4. The average Bonchev–Trinajstić information content (AvgIpc) is 2.60. The lowest BCUT2D eigenvalue weighted by molar-refractivity contribution is -0.124. The molecule has 0 saturated carbocycles. The fourth-order valence-electron chi connectivity index (χ4n) is 1.89. The van der Waals surface area contributed by atoms with E-state index in [1.165, 1.54) is 0 Å². The number of hydrazine groups is 1. The Balaban J connectivity index is 2.26. The Morgan fingerprint density at radius 1 is 0.923 bits per heavy atom. The van der Waals surface area contributed by atoms with Crippen LogP contribution in [0.2, 0.25) is 0 Å². The number of thiocarbonyl (C=S) groups is 1. The molecule has 1 rings (SSSR count). The van der Waals surface area contributed by atoms with Crippen molar-refractivity contribution in [1.82, 2.24) is 16.2 Å². The number of amides is 3. The number of hydrogen-bond acceptors (Lipinski definition) is 5. The smallest absolute Gasteiger partial charge is 0.238 e. The molecule has 0 heterocycles. The van der Waals surface area contributed by atoms with Crippen LogP contribution < -0.4 is 26.2 Å². The summed E-state index contributed by atoms with van der Waals surface area (Å²) in [5.74, 6) is -0.214. The van der Waals surface area contributed by atoms with Gasteiger partial charge in [-0.15, -0.1) is 0 Å². The summed E-state index contributed by atoms with van der Waals surface area (Å²) in [6.45, 7) is 4.33. The molecule has 26 heavy (non-hydrogen) atoms. The van der Waals surface area contributed by atoms with Gasteiger partial charge in [-0.3, -0.25) is 25.2 Å². The molecule has 142 valence electrons. The molecule has 0 unspecified atom stereocenters. The second-order valence-corrected chi connectivity index (χ2v) is 5.71. The molecule has 0 atom stereocenters. The van der Waals surface area contributed by atoms with E-state index >= 15 is 0 Å². The van der Waals surface area contributed by atoms with E-state index in [1.807, 2.05) is 13.8 Å². The van der Waals surface area contributed by atoms with E-state index < -0.39 is 5.91 Å². The Morgan fingerprint density at radius 2 is 1.58 bits per heavy atom. The van der Waals surface area contributed by atoms with E-state index in [1.54, 1.807) is 24.3 Å². The van der Waals surface area contributed by atoms with Crippen molar-refractivity contribution < 1.29 is 19.1 Å². The first-order valence-electron chi connectivity index (χ1n) is 8.36. The molecule has 4 N–H and O–H groups in total. The molecule has 0 aliphatic carbocycles. The third kappa shape index (κ3) is 8.97. The predicted molar refractivity (Wildman–Crippen MR) is 102 cm³/mol. The molecule has 0 spiro atoms. The van der Waals surface area contributed by atoms with Crippen LogP contribution in [0.1, 0.15) is 39.5 Å². The molecule has 3 amide bonds. The maximum Gasteiger partial charge on any atom is 0.238 e. The van der Waals surface area contributed by atoms with Crippen molar-refractivity contribution in [1.29, 1.82) is 0 Å². The first kappa shape index (κ1) is 21.4. The molecular formula is C17H24N4O4S. The number of rotatable bonds is 8. The highest BCUT2D eigenvalue weighted by molar-refractivity contribution is 7.80. The molecule has 0 aliphatic rings. The summed E-state index contributed by atoms with van der Waals surface area (Å²) in [5.41, 5.74) is 5.37. The van der Waals surface area contributed by atoms with Gasteiger partial charge in [-0.05, 0) is 49.8 Å². The van der Waals surface area contributed by atoms with Crippen molar-refractivity contribution in [2.45, 2.75) is 39.5 Å². The lowest BCUT2D eigenvalue weighted by Gasteiger charge is -2.10. The van der Waals surface area contributed by atoms with Gasteiger partial charge < -0.3 is 15.4 Å². The van der Waals surface area contributed by atoms with Crippen LogP contribution in [0.5, 0.6) is 5.75 Å². The third-order valence-electron chi connectivity index (χ3n) is 3.07. The lowest BCUT2D eigenvalue weighted by atomic mass is 10.2. The zero-order chi connectivity index (χ0) is 19.4. The minimum atomic E-state index is -0.418. The normalized spacial score (nSPS) is 9.77. The summed E-state index contributed by atoms with van der Waals surface area (Å²) < 4.78 is 5.32. The Kier molecular flexibility index (Phi) is 9.70. The second kappa shape index (κ2) is 11.8. The Morgan fingerprint density at radius 3 is 2.19 bits per heavy atom. The number of carbonyl (C=O) groups is 3. The SMILES string of the molecule is CCCC(=O)NC(=S)NNC(=O)CCC(=O)Nc1ccc(OCC)cc1. The maximum atomic E-state index is 11.9. The van der Waals surface area contributed by atoms with E-state index in [4.69, 9.17) is 17.0 Å². The number of nitrogens with one attached hydrogen (secondary N) is 4. The van der Waals surface area contributed by atoms with Crippen molar-refractivity contribution in [3.63, 3.8) is 0 Å². The fraction of sp³-hybridized carbons (Fsp3) is 0.412. The van der Waals surface area contributed by atoms with Gasteiger partial charge in [0.1, 0.15) is 5.75 Å². The minimum absolute atomic E-state index is 0.00960. The topological polar surface area (TPSA) is 109 Å². The Labute approximate surface area is 158 Å². The van der Waals surface area contributed by atoms with Gasteiger partial charge in [0.05, 0.1) is 6.61 Å². The van der Waals surface area contributed by atoms with E-state index in [0.717, 1.165) is 5.75 Å². The summed E-state index contributed by atoms with van der Waals surface area (Å²) in [6, 6.07) is 6.96. The fourth-order valence-corrected chi connectivity index (χ4v) is 2.05. The van der Waals surface area contributed by atoms with Crippen LogP contribution >= 0.6 is 12.2 Å². The van der Waals surface area contributed by atoms with Crippen LogP contribution in [0.3, 0.4) is 0 Å². The van der Waals surface area contributed by atoms with Crippen molar-refractivity contribution >= 4 is 40.7 Å². The number of anilines is 1. The van der Waals surface area contributed by atoms with Crippen molar-refractivity contribution in [2.24, 2.45) is 0 Å². The van der Waals surface area contributed by atoms with Gasteiger partial charge in [-0.2, -0.15) is 0 Å². The van der Waals surface area contributed by atoms with Crippen LogP contribution in [0.15, 0.2) is 24.3 Å². The van der Waals surface area contributed by atoms with Gasteiger partial charge in [0.15, 0.2) is 5.11 Å². The zero-order valence-corrected chi connectivity index (χ0v) is 15.7. The standard InChI is InChI=1S/C17H24N4O4S/c1-3-5-14(22)19-17(26)21-20-16(24)11-10-15(23)18-12-6-8-13(9-7-12)25-4-2/h6-9H,3-5,10-11H2,1-2H3,(H,18,23)(H,20,24)(H2,19,21,22,26). The van der Waals surface area contributed by atoms with E-state index in [0.29, 0.717) is 25.1 Å². The Hall–Kier alpha value is -2.68. The molecule has 0 radical (unpaired) electrons. The van der Waals surface area contributed by atoms with Gasteiger partial charge in [0.25, 0.3) is 0 Å². The summed E-state index contributed by atoms with van der Waals surface area (Å²) >= 11 is 4.87. The highest BCUT2D eigenvalue weighted by atomic mass is 32.1. The van der Waals surface area contributed by atoms with Crippen LogP contribution in [-0.4, -0.2) is 29.4 Å². The molecule has 0 bridgehead atoms. The van der Waals surface area contributed by atoms with Crippen molar-refractivity contribution in [3.05, 3.63) is 24.3 Å². The summed E-state index contributed by atoms with van der Waals surface area (Å²) in [6.07, 6.45) is 1.03. The molecule has 0 fully saturated rings. The summed E-state index contributed by atoms with van der Waals surface area (Å²) in [7, 11) is 0. The van der Waals surface area contributed by atoms with Gasteiger partial charge in [0, 0.05) is 24.9 Å². The first-order valence-corrected chi connectivity index (χ1v) is 8.76. The highest BCUT2D eigenvalue weighted by Gasteiger charge is 2.09. The van der Waals surface area contributed by atoms with E-state index in [-0.39, 0.29) is 29.8 Å². The van der Waals surface area contributed by atoms with Crippen LogP contribution in [0.25, 0.3) is 0 Å². The van der Waals surface area contributed by atoms with Crippen LogP contribution in [0, 0.1) is 0 Å². The van der Waals surface area contributed by atoms with Gasteiger partial charge in [-0.25, -0.2) is 0 Å². The molecule has 0 aliphatic heterocycles. The Bertz CT molecular complexity index is 634. The molecule has 1 aromatic carbocycles. The molecule has 9 heteroatoms. The zero-order valence-electron chi connectivity index (χ0n) is 14.9. The molecule has 0 aromatic heterocycles. The monoisotopic (exact) mass is 380 g/mol. The van der Waals surface area contributed by atoms with Gasteiger partial charge in [0.2, 0.25) is 17.7 Å². The largest absolute Gasteiger partial charge is 0.494 e. The number of carbonyl (C=O) groups excluding carboxylic acids is 3. The molecule has 0 saturated heterocycles. The van der Waals surface area contributed by atoms with Gasteiger partial charge >= 0.3 is 0 Å². The van der Waals surface area contributed by atoms with Crippen LogP contribution in [0.4, 0.5) is 5.69 Å². The average molecular weight is 380 g/mol.